The number of nitrogens with zero attached hydrogens (tertiary/aromatic N) is 9. The van der Waals surface area contributed by atoms with Crippen LogP contribution in [0.15, 0.2) is 85.3 Å². The van der Waals surface area contributed by atoms with Crippen LogP contribution in [0.4, 0.5) is 11.4 Å². The summed E-state index contributed by atoms with van der Waals surface area (Å²) in [6, 6.07) is 21.8. The maximum atomic E-state index is 13.8. The number of hydrogen-bond acceptors (Lipinski definition) is 13. The van der Waals surface area contributed by atoms with E-state index in [9.17, 15) is 24.0 Å². The van der Waals surface area contributed by atoms with Gasteiger partial charge in [-0.25, -0.2) is 9.97 Å². The smallest absolute Gasteiger partial charge is 0.253 e. The third-order valence-electron chi connectivity index (χ3n) is 12.9. The van der Waals surface area contributed by atoms with Crippen molar-refractivity contribution in [3.8, 4) is 11.5 Å². The van der Waals surface area contributed by atoms with E-state index in [2.05, 4.69) is 52.0 Å². The van der Waals surface area contributed by atoms with Gasteiger partial charge in [0, 0.05) is 100 Å². The highest BCUT2D eigenvalue weighted by Gasteiger charge is 2.31. The number of amides is 4. The summed E-state index contributed by atoms with van der Waals surface area (Å²) in [7, 11) is 3.73. The predicted octanol–water partition coefficient (Wildman–Crippen LogP) is 4.10. The monoisotopic (exact) mass is 880 g/mol. The molecule has 4 amide bonds. The lowest BCUT2D eigenvalue weighted by Crippen LogP contribution is -2.51. The van der Waals surface area contributed by atoms with Crippen LogP contribution >= 0.6 is 0 Å². The van der Waals surface area contributed by atoms with E-state index in [0.717, 1.165) is 74.4 Å². The van der Waals surface area contributed by atoms with Crippen LogP contribution in [0, 0.1) is 5.92 Å². The number of piperazine rings is 1. The van der Waals surface area contributed by atoms with Gasteiger partial charge in [0.2, 0.25) is 11.8 Å². The molecule has 2 aromatic heterocycles. The number of carbonyl (C=O) groups is 5. The van der Waals surface area contributed by atoms with Crippen LogP contribution in [-0.2, 0) is 29.7 Å². The minimum atomic E-state index is -0.415. The summed E-state index contributed by atoms with van der Waals surface area (Å²) < 4.78 is 1.87. The minimum absolute atomic E-state index is 0.00607. The lowest BCUT2D eigenvalue weighted by Gasteiger charge is -2.40. The highest BCUT2D eigenvalue weighted by Crippen LogP contribution is 2.26. The largest absolute Gasteiger partial charge is 0.378 e. The summed E-state index contributed by atoms with van der Waals surface area (Å²) in [5.74, 6) is 1.09. The number of anilines is 2. The van der Waals surface area contributed by atoms with E-state index >= 15 is 0 Å². The van der Waals surface area contributed by atoms with Crippen LogP contribution in [0.5, 0.6) is 0 Å². The van der Waals surface area contributed by atoms with Crippen molar-refractivity contribution in [2.75, 3.05) is 63.1 Å². The molecule has 3 N–H and O–H groups in total. The Morgan fingerprint density at radius 3 is 2.46 bits per heavy atom. The van der Waals surface area contributed by atoms with Gasteiger partial charge in [-0.2, -0.15) is 0 Å². The van der Waals surface area contributed by atoms with E-state index in [1.54, 1.807) is 24.4 Å². The average Bonchev–Trinajstić information content (AvgIpc) is 3.70. The molecule has 3 aromatic carbocycles. The Bertz CT molecular complexity index is 2510. The molecule has 0 saturated carbocycles. The van der Waals surface area contributed by atoms with Crippen molar-refractivity contribution in [3.63, 3.8) is 0 Å². The molecule has 5 aromatic rings. The number of benzene rings is 3. The Morgan fingerprint density at radius 1 is 0.923 bits per heavy atom. The predicted molar refractivity (Wildman–Crippen MR) is 245 cm³/mol. The van der Waals surface area contributed by atoms with E-state index in [0.29, 0.717) is 79.0 Å². The summed E-state index contributed by atoms with van der Waals surface area (Å²) in [6.07, 6.45) is 6.63. The lowest BCUT2D eigenvalue weighted by molar-refractivity contribution is -0.137. The first-order chi connectivity index (χ1) is 31.5. The van der Waals surface area contributed by atoms with E-state index in [1.165, 1.54) is 6.33 Å². The second-order valence-corrected chi connectivity index (χ2v) is 17.3. The van der Waals surface area contributed by atoms with Crippen LogP contribution in [0.3, 0.4) is 0 Å². The normalized spacial score (nSPS) is 17.8. The van der Waals surface area contributed by atoms with Crippen molar-refractivity contribution in [1.29, 1.82) is 0 Å². The number of piperidine rings is 2. The van der Waals surface area contributed by atoms with Gasteiger partial charge in [-0.05, 0) is 105 Å². The SMILES string of the molecule is CC(NC(=O)c1cccc(NCc2nnc(-c3ccncn3)n2C)c1)c1cccc(C(=O)N2CCC(CN3CCN(c4ccc(C=O)c(CN(C)C5CCC(=O)NC5=O)c4)CC3)CC2)c1. The van der Waals surface area contributed by atoms with Gasteiger partial charge >= 0.3 is 0 Å². The van der Waals surface area contributed by atoms with E-state index in [1.807, 2.05) is 83.9 Å². The third-order valence-corrected chi connectivity index (χ3v) is 12.9. The molecule has 65 heavy (non-hydrogen) atoms. The Kier molecular flexibility index (Phi) is 14.0. The summed E-state index contributed by atoms with van der Waals surface area (Å²) in [6.45, 7) is 8.68. The molecule has 3 aliphatic heterocycles. The standard InChI is InChI=1S/C48H56N12O5/c1-32(52-46(63)35-7-5-9-39(25-35)50-27-43-54-55-45(57(43)3)41-14-17-49-31-51-41)34-6-4-8-36(24-34)48(65)60-18-15-33(16-19-60)28-58-20-22-59(23-21-58)40-11-10-37(30-61)38(26-40)29-56(2)42-12-13-44(62)53-47(42)64/h4-11,14,17,24-26,30-33,42,50H,12-13,15-16,18-23,27-29H2,1-3H3,(H,52,63)(H,53,62,64). The summed E-state index contributed by atoms with van der Waals surface area (Å²) in [5, 5.41) is 17.4. The van der Waals surface area contributed by atoms with E-state index < -0.39 is 6.04 Å². The lowest BCUT2D eigenvalue weighted by atomic mass is 9.95. The third kappa shape index (κ3) is 10.8. The molecule has 3 aliphatic rings. The van der Waals surface area contributed by atoms with Crippen LogP contribution in [-0.4, -0.2) is 128 Å². The number of hydrogen-bond donors (Lipinski definition) is 3. The van der Waals surface area contributed by atoms with Crippen LogP contribution in [0.2, 0.25) is 0 Å². The van der Waals surface area contributed by atoms with Crippen molar-refractivity contribution in [2.24, 2.45) is 13.0 Å². The minimum Gasteiger partial charge on any atom is -0.378 e. The fourth-order valence-electron chi connectivity index (χ4n) is 8.99. The first kappa shape index (κ1) is 44.7. The first-order valence-electron chi connectivity index (χ1n) is 22.3. The fourth-order valence-corrected chi connectivity index (χ4v) is 8.99. The molecule has 5 heterocycles. The summed E-state index contributed by atoms with van der Waals surface area (Å²) >= 11 is 0. The molecule has 0 bridgehead atoms. The van der Waals surface area contributed by atoms with Gasteiger partial charge in [-0.15, -0.1) is 10.2 Å². The second-order valence-electron chi connectivity index (χ2n) is 17.3. The van der Waals surface area contributed by atoms with Gasteiger partial charge in [0.05, 0.1) is 18.6 Å². The zero-order valence-electron chi connectivity index (χ0n) is 37.2. The molecule has 8 rings (SSSR count). The van der Waals surface area contributed by atoms with Crippen molar-refractivity contribution in [3.05, 3.63) is 119 Å². The fraction of sp³-hybridized carbons (Fsp3) is 0.396. The first-order valence-corrected chi connectivity index (χ1v) is 22.3. The highest BCUT2D eigenvalue weighted by molar-refractivity contribution is 6.00. The van der Waals surface area contributed by atoms with Gasteiger partial charge < -0.3 is 25.0 Å². The molecule has 17 heteroatoms. The molecular weight excluding hydrogens is 825 g/mol. The molecule has 0 radical (unpaired) electrons. The van der Waals surface area contributed by atoms with Gasteiger partial charge in [0.25, 0.3) is 11.8 Å². The van der Waals surface area contributed by atoms with E-state index in [-0.39, 0.29) is 29.7 Å². The Balaban J connectivity index is 0.783. The number of aromatic nitrogens is 5. The second kappa shape index (κ2) is 20.3. The zero-order chi connectivity index (χ0) is 45.5. The van der Waals surface area contributed by atoms with Crippen molar-refractivity contribution in [2.45, 2.75) is 57.8 Å². The molecule has 3 saturated heterocycles. The van der Waals surface area contributed by atoms with Gasteiger partial charge in [-0.1, -0.05) is 18.2 Å². The van der Waals surface area contributed by atoms with Crippen LogP contribution in [0.1, 0.15) is 86.7 Å². The highest BCUT2D eigenvalue weighted by atomic mass is 16.2. The Hall–Kier alpha value is -6.85. The van der Waals surface area contributed by atoms with Gasteiger partial charge in [0.1, 0.15) is 18.3 Å². The molecule has 2 atom stereocenters. The Labute approximate surface area is 378 Å². The van der Waals surface area contributed by atoms with Crippen molar-refractivity contribution < 1.29 is 24.0 Å². The maximum absolute atomic E-state index is 13.8. The van der Waals surface area contributed by atoms with Crippen molar-refractivity contribution in [1.82, 2.24) is 50.1 Å². The molecule has 0 spiro atoms. The maximum Gasteiger partial charge on any atom is 0.253 e. The van der Waals surface area contributed by atoms with Gasteiger partial charge in [-0.3, -0.25) is 39.1 Å². The quantitative estimate of drug-likeness (QED) is 0.101. The zero-order valence-corrected chi connectivity index (χ0v) is 37.2. The number of carbonyl (C=O) groups excluding carboxylic acids is 5. The van der Waals surface area contributed by atoms with Gasteiger partial charge in [0.15, 0.2) is 11.6 Å². The molecule has 0 aliphatic carbocycles. The topological polar surface area (TPSA) is 191 Å². The molecule has 17 nitrogen and oxygen atoms in total. The summed E-state index contributed by atoms with van der Waals surface area (Å²) in [4.78, 5) is 80.2. The number of aldehydes is 1. The molecule has 338 valence electrons. The number of rotatable bonds is 15. The van der Waals surface area contributed by atoms with Crippen LogP contribution in [0.25, 0.3) is 11.5 Å². The molecule has 2 unspecified atom stereocenters. The summed E-state index contributed by atoms with van der Waals surface area (Å²) in [5.41, 5.74) is 5.93. The molecule has 3 fully saturated rings. The Morgan fingerprint density at radius 2 is 1.71 bits per heavy atom. The number of likely N-dealkylation sites (N-methyl/N-ethyl adjacent to an activating group) is 1. The average molecular weight is 881 g/mol. The number of likely N-dealkylation sites (tertiary alicyclic amines) is 1. The number of nitrogens with one attached hydrogen (secondary N) is 3. The molecular formula is C48H56N12O5. The number of imide groups is 1. The van der Waals surface area contributed by atoms with Crippen LogP contribution < -0.4 is 20.9 Å². The van der Waals surface area contributed by atoms with E-state index in [4.69, 9.17) is 0 Å². The van der Waals surface area contributed by atoms with Crippen molar-refractivity contribution >= 4 is 41.3 Å².